The summed E-state index contributed by atoms with van der Waals surface area (Å²) in [5, 5.41) is 3.21. The van der Waals surface area contributed by atoms with E-state index in [0.29, 0.717) is 40.9 Å². The number of hydrogen-bond donors (Lipinski definition) is 1. The van der Waals surface area contributed by atoms with Crippen molar-refractivity contribution in [2.45, 2.75) is 6.54 Å². The molecule has 0 saturated heterocycles. The Bertz CT molecular complexity index is 1530. The number of halogens is 2. The molecule has 0 aliphatic carbocycles. The number of pyridine rings is 1. The Morgan fingerprint density at radius 1 is 0.971 bits per heavy atom. The van der Waals surface area contributed by atoms with Crippen molar-refractivity contribution in [3.05, 3.63) is 99.1 Å². The molecular formula is C26H18ClFN2O5. The molecule has 176 valence electrons. The maximum atomic E-state index is 14.0. The van der Waals surface area contributed by atoms with E-state index in [2.05, 4.69) is 5.32 Å². The number of fused-ring (bicyclic) bond motifs is 2. The van der Waals surface area contributed by atoms with Gasteiger partial charge in [-0.15, -0.1) is 0 Å². The molecule has 0 bridgehead atoms. The van der Waals surface area contributed by atoms with E-state index in [1.165, 1.54) is 47.2 Å². The number of rotatable bonds is 5. The van der Waals surface area contributed by atoms with E-state index in [4.69, 9.17) is 21.1 Å². The summed E-state index contributed by atoms with van der Waals surface area (Å²) >= 11 is 5.90. The molecule has 35 heavy (non-hydrogen) atoms. The lowest BCUT2D eigenvalue weighted by Gasteiger charge is -2.19. The normalized spacial score (nSPS) is 12.4. The highest BCUT2D eigenvalue weighted by atomic mass is 35.5. The van der Waals surface area contributed by atoms with Gasteiger partial charge in [-0.25, -0.2) is 4.39 Å². The predicted octanol–water partition coefficient (Wildman–Crippen LogP) is 4.43. The molecule has 1 N–H and O–H groups in total. The number of anilines is 1. The van der Waals surface area contributed by atoms with E-state index < -0.39 is 22.9 Å². The zero-order valence-corrected chi connectivity index (χ0v) is 19.0. The van der Waals surface area contributed by atoms with Gasteiger partial charge in [0.1, 0.15) is 25.6 Å². The summed E-state index contributed by atoms with van der Waals surface area (Å²) < 4.78 is 26.5. The van der Waals surface area contributed by atoms with Crippen molar-refractivity contribution in [3.63, 3.8) is 0 Å². The molecule has 9 heteroatoms. The first-order chi connectivity index (χ1) is 16.9. The second-order valence-corrected chi connectivity index (χ2v) is 8.34. The van der Waals surface area contributed by atoms with Crippen molar-refractivity contribution in [3.8, 4) is 11.5 Å². The summed E-state index contributed by atoms with van der Waals surface area (Å²) in [7, 11) is 0. The fourth-order valence-electron chi connectivity index (χ4n) is 3.90. The van der Waals surface area contributed by atoms with Crippen molar-refractivity contribution in [1.29, 1.82) is 0 Å². The number of amides is 1. The third-order valence-corrected chi connectivity index (χ3v) is 5.79. The molecule has 3 aromatic carbocycles. The maximum absolute atomic E-state index is 14.0. The fourth-order valence-corrected chi connectivity index (χ4v) is 4.02. The molecule has 0 fully saturated rings. The van der Waals surface area contributed by atoms with Gasteiger partial charge >= 0.3 is 0 Å². The van der Waals surface area contributed by atoms with Gasteiger partial charge < -0.3 is 19.4 Å². The minimum atomic E-state index is -0.627. The molecule has 1 aromatic heterocycles. The molecule has 7 nitrogen and oxygen atoms in total. The number of benzene rings is 3. The first kappa shape index (κ1) is 22.6. The highest BCUT2D eigenvalue weighted by Gasteiger charge is 2.19. The van der Waals surface area contributed by atoms with Gasteiger partial charge in [-0.05, 0) is 54.6 Å². The van der Waals surface area contributed by atoms with Gasteiger partial charge in [-0.1, -0.05) is 11.6 Å². The van der Waals surface area contributed by atoms with Crippen molar-refractivity contribution < 1.29 is 23.5 Å². The number of nitrogens with one attached hydrogen (secondary N) is 1. The van der Waals surface area contributed by atoms with E-state index in [1.807, 2.05) is 0 Å². The van der Waals surface area contributed by atoms with Crippen molar-refractivity contribution >= 4 is 39.9 Å². The van der Waals surface area contributed by atoms with E-state index in [-0.39, 0.29) is 23.1 Å². The number of nitrogens with zero attached hydrogens (tertiary/aromatic N) is 1. The molecule has 0 saturated carbocycles. The third kappa shape index (κ3) is 4.61. The smallest absolute Gasteiger partial charge is 0.244 e. The number of carbonyl (C=O) groups is 2. The quantitative estimate of drug-likeness (QED) is 0.416. The number of hydrogen-bond acceptors (Lipinski definition) is 5. The Morgan fingerprint density at radius 2 is 1.71 bits per heavy atom. The van der Waals surface area contributed by atoms with Gasteiger partial charge in [0, 0.05) is 33.9 Å². The molecule has 0 unspecified atom stereocenters. The maximum Gasteiger partial charge on any atom is 0.244 e. The third-order valence-electron chi connectivity index (χ3n) is 5.53. The van der Waals surface area contributed by atoms with Crippen LogP contribution in [0.1, 0.15) is 15.9 Å². The number of ketones is 1. The molecule has 1 aliphatic heterocycles. The summed E-state index contributed by atoms with van der Waals surface area (Å²) in [5.74, 6) is -0.486. The lowest BCUT2D eigenvalue weighted by molar-refractivity contribution is -0.116. The minimum absolute atomic E-state index is 0.00283. The van der Waals surface area contributed by atoms with Gasteiger partial charge in [-0.2, -0.15) is 0 Å². The van der Waals surface area contributed by atoms with E-state index >= 15 is 0 Å². The highest BCUT2D eigenvalue weighted by molar-refractivity contribution is 6.30. The van der Waals surface area contributed by atoms with E-state index in [9.17, 15) is 18.8 Å². The van der Waals surface area contributed by atoms with Gasteiger partial charge in [0.05, 0.1) is 11.1 Å². The SMILES string of the molecule is O=C(Cn1cc(C(=O)c2ccc(Cl)cc2)c(=O)c2cc(F)ccc21)Nc1ccc2c(c1)OCCO2. The molecule has 1 aliphatic rings. The van der Waals surface area contributed by atoms with Crippen LogP contribution in [0.5, 0.6) is 11.5 Å². The molecule has 2 heterocycles. The molecule has 4 aromatic rings. The van der Waals surface area contributed by atoms with Crippen LogP contribution in [0.3, 0.4) is 0 Å². The van der Waals surface area contributed by atoms with Gasteiger partial charge in [-0.3, -0.25) is 14.4 Å². The zero-order valence-electron chi connectivity index (χ0n) is 18.2. The van der Waals surface area contributed by atoms with Crippen LogP contribution in [0, 0.1) is 5.82 Å². The molecule has 5 rings (SSSR count). The molecule has 0 atom stereocenters. The fraction of sp³-hybridized carbons (Fsp3) is 0.115. The highest BCUT2D eigenvalue weighted by Crippen LogP contribution is 2.32. The molecule has 0 spiro atoms. The van der Waals surface area contributed by atoms with Crippen molar-refractivity contribution in [1.82, 2.24) is 4.57 Å². The van der Waals surface area contributed by atoms with Crippen LogP contribution < -0.4 is 20.2 Å². The molecular weight excluding hydrogens is 475 g/mol. The van der Waals surface area contributed by atoms with Crippen LogP contribution in [-0.4, -0.2) is 29.5 Å². The Hall–Kier alpha value is -4.17. The van der Waals surface area contributed by atoms with Crippen LogP contribution in [0.2, 0.25) is 5.02 Å². The van der Waals surface area contributed by atoms with Gasteiger partial charge in [0.2, 0.25) is 11.3 Å². The molecule has 1 amide bonds. The van der Waals surface area contributed by atoms with Crippen LogP contribution in [0.15, 0.2) is 71.7 Å². The Morgan fingerprint density at radius 3 is 2.49 bits per heavy atom. The number of ether oxygens (including phenoxy) is 2. The first-order valence-electron chi connectivity index (χ1n) is 10.7. The number of aromatic nitrogens is 1. The Kier molecular flexibility index (Phi) is 5.96. The topological polar surface area (TPSA) is 86.6 Å². The van der Waals surface area contributed by atoms with Gasteiger partial charge in [0.15, 0.2) is 17.3 Å². The second kappa shape index (κ2) is 9.23. The summed E-state index contributed by atoms with van der Waals surface area (Å²) in [6, 6.07) is 14.8. The average molecular weight is 493 g/mol. The standard InChI is InChI=1S/C26H18ClFN2O5/c27-16-3-1-15(2-4-16)25(32)20-13-30(21-7-5-17(28)11-19(21)26(20)33)14-24(31)29-18-6-8-22-23(12-18)35-10-9-34-22/h1-8,11-13H,9-10,14H2,(H,29,31). The van der Waals surface area contributed by atoms with Crippen LogP contribution in [-0.2, 0) is 11.3 Å². The minimum Gasteiger partial charge on any atom is -0.486 e. The molecule has 0 radical (unpaired) electrons. The van der Waals surface area contributed by atoms with Crippen LogP contribution in [0.25, 0.3) is 10.9 Å². The van der Waals surface area contributed by atoms with Crippen LogP contribution in [0.4, 0.5) is 10.1 Å². The lowest BCUT2D eigenvalue weighted by atomic mass is 10.0. The van der Waals surface area contributed by atoms with Crippen molar-refractivity contribution in [2.75, 3.05) is 18.5 Å². The second-order valence-electron chi connectivity index (χ2n) is 7.90. The summed E-state index contributed by atoms with van der Waals surface area (Å²) in [6.45, 7) is 0.641. The summed E-state index contributed by atoms with van der Waals surface area (Å²) in [6.07, 6.45) is 1.32. The predicted molar refractivity (Wildman–Crippen MR) is 129 cm³/mol. The Balaban J connectivity index is 1.49. The summed E-state index contributed by atoms with van der Waals surface area (Å²) in [5.41, 5.74) is 0.254. The summed E-state index contributed by atoms with van der Waals surface area (Å²) in [4.78, 5) is 39.0. The van der Waals surface area contributed by atoms with E-state index in [1.54, 1.807) is 18.2 Å². The monoisotopic (exact) mass is 492 g/mol. The number of carbonyl (C=O) groups excluding carboxylic acids is 2. The lowest BCUT2D eigenvalue weighted by Crippen LogP contribution is -2.24. The largest absolute Gasteiger partial charge is 0.486 e. The van der Waals surface area contributed by atoms with Gasteiger partial charge in [0.25, 0.3) is 0 Å². The average Bonchev–Trinajstić information content (AvgIpc) is 2.85. The zero-order chi connectivity index (χ0) is 24.5. The Labute approximate surface area is 203 Å². The first-order valence-corrected chi connectivity index (χ1v) is 11.1. The van der Waals surface area contributed by atoms with E-state index in [0.717, 1.165) is 6.07 Å². The van der Waals surface area contributed by atoms with Crippen molar-refractivity contribution in [2.24, 2.45) is 0 Å². The van der Waals surface area contributed by atoms with Crippen LogP contribution >= 0.6 is 11.6 Å².